The van der Waals surface area contributed by atoms with E-state index in [0.29, 0.717) is 35.2 Å². The van der Waals surface area contributed by atoms with Gasteiger partial charge in [0.2, 0.25) is 0 Å². The molecule has 0 bridgehead atoms. The van der Waals surface area contributed by atoms with Gasteiger partial charge < -0.3 is 24.2 Å². The molecule has 1 aliphatic heterocycles. The highest BCUT2D eigenvalue weighted by Crippen LogP contribution is 2.42. The summed E-state index contributed by atoms with van der Waals surface area (Å²) in [4.78, 5) is 25.5. The summed E-state index contributed by atoms with van der Waals surface area (Å²) in [6.07, 6.45) is -0.0462. The van der Waals surface area contributed by atoms with Crippen LogP contribution in [0.2, 0.25) is 5.02 Å². The minimum Gasteiger partial charge on any atom is -0.497 e. The number of hydrogen-bond donors (Lipinski definition) is 1. The van der Waals surface area contributed by atoms with Crippen molar-refractivity contribution in [3.63, 3.8) is 0 Å². The minimum atomic E-state index is -0.851. The zero-order chi connectivity index (χ0) is 22.5. The Labute approximate surface area is 186 Å². The molecule has 166 valence electrons. The van der Waals surface area contributed by atoms with Crippen molar-refractivity contribution >= 4 is 29.2 Å². The number of carboxylic acids is 1. The molecule has 3 rings (SSSR count). The highest BCUT2D eigenvalue weighted by molar-refractivity contribution is 6.30. The quantitative estimate of drug-likeness (QED) is 0.649. The van der Waals surface area contributed by atoms with Gasteiger partial charge in [0, 0.05) is 40.9 Å². The number of benzene rings is 2. The van der Waals surface area contributed by atoms with Gasteiger partial charge in [-0.3, -0.25) is 9.59 Å². The predicted molar refractivity (Wildman–Crippen MR) is 117 cm³/mol. The molecule has 1 amide bonds. The van der Waals surface area contributed by atoms with Crippen LogP contribution in [0.4, 0.5) is 5.69 Å². The molecular weight excluding hydrogens is 422 g/mol. The number of anilines is 1. The van der Waals surface area contributed by atoms with E-state index in [1.165, 1.54) is 0 Å². The Kier molecular flexibility index (Phi) is 7.41. The molecule has 7 nitrogen and oxygen atoms in total. The molecule has 31 heavy (non-hydrogen) atoms. The van der Waals surface area contributed by atoms with Crippen molar-refractivity contribution in [2.75, 3.05) is 32.3 Å². The van der Waals surface area contributed by atoms with E-state index in [1.54, 1.807) is 43.4 Å². The van der Waals surface area contributed by atoms with E-state index in [1.807, 2.05) is 19.1 Å². The number of carbonyl (C=O) groups excluding carboxylic acids is 1. The van der Waals surface area contributed by atoms with Gasteiger partial charge in [-0.1, -0.05) is 18.5 Å². The number of halogens is 1. The lowest BCUT2D eigenvalue weighted by atomic mass is 9.97. The zero-order valence-corrected chi connectivity index (χ0v) is 18.5. The van der Waals surface area contributed by atoms with E-state index in [-0.39, 0.29) is 24.9 Å². The van der Waals surface area contributed by atoms with Crippen molar-refractivity contribution in [1.82, 2.24) is 0 Å². The Balaban J connectivity index is 2.02. The van der Waals surface area contributed by atoms with Crippen molar-refractivity contribution in [2.45, 2.75) is 25.9 Å². The average molecular weight is 448 g/mol. The topological polar surface area (TPSA) is 85.3 Å². The van der Waals surface area contributed by atoms with Crippen LogP contribution in [0.15, 0.2) is 36.4 Å². The lowest BCUT2D eigenvalue weighted by molar-refractivity contribution is -0.137. The fraction of sp³-hybridized carbons (Fsp3) is 0.391. The molecule has 0 spiro atoms. The fourth-order valence-electron chi connectivity index (χ4n) is 3.70. The smallest absolute Gasteiger partial charge is 0.303 e. The van der Waals surface area contributed by atoms with E-state index < -0.39 is 12.1 Å². The Morgan fingerprint density at radius 1 is 1.23 bits per heavy atom. The largest absolute Gasteiger partial charge is 0.497 e. The van der Waals surface area contributed by atoms with Crippen molar-refractivity contribution in [1.29, 1.82) is 0 Å². The zero-order valence-electron chi connectivity index (χ0n) is 17.8. The highest BCUT2D eigenvalue weighted by atomic mass is 35.5. The monoisotopic (exact) mass is 447 g/mol. The van der Waals surface area contributed by atoms with Crippen LogP contribution in [0.5, 0.6) is 11.5 Å². The van der Waals surface area contributed by atoms with Crippen LogP contribution in [0.1, 0.15) is 37.0 Å². The van der Waals surface area contributed by atoms with E-state index in [4.69, 9.17) is 30.9 Å². The molecule has 1 N–H and O–H groups in total. The van der Waals surface area contributed by atoms with Crippen molar-refractivity contribution in [2.24, 2.45) is 5.92 Å². The van der Waals surface area contributed by atoms with Crippen molar-refractivity contribution in [3.8, 4) is 11.5 Å². The number of carboxylic acid groups (broad SMARTS) is 1. The van der Waals surface area contributed by atoms with Gasteiger partial charge >= 0.3 is 5.97 Å². The van der Waals surface area contributed by atoms with Crippen LogP contribution >= 0.6 is 11.6 Å². The normalized spacial score (nSPS) is 17.0. The second kappa shape index (κ2) is 10.0. The van der Waals surface area contributed by atoms with Crippen molar-refractivity contribution < 1.29 is 28.9 Å². The molecular formula is C23H26ClNO6. The average Bonchev–Trinajstić information content (AvgIpc) is 2.88. The highest BCUT2D eigenvalue weighted by Gasteiger charge is 2.32. The van der Waals surface area contributed by atoms with Crippen LogP contribution in [0, 0.1) is 5.92 Å². The number of amides is 1. The summed E-state index contributed by atoms with van der Waals surface area (Å²) >= 11 is 6.30. The first kappa shape index (κ1) is 22.9. The Hall–Kier alpha value is -2.77. The van der Waals surface area contributed by atoms with Gasteiger partial charge in [0.25, 0.3) is 5.91 Å². The van der Waals surface area contributed by atoms with Gasteiger partial charge in [0.1, 0.15) is 24.2 Å². The Morgan fingerprint density at radius 3 is 2.68 bits per heavy atom. The summed E-state index contributed by atoms with van der Waals surface area (Å²) in [5.74, 6) is 0.170. The third-order valence-electron chi connectivity index (χ3n) is 5.31. The van der Waals surface area contributed by atoms with Gasteiger partial charge in [-0.25, -0.2) is 0 Å². The summed E-state index contributed by atoms with van der Waals surface area (Å²) < 4.78 is 16.9. The molecule has 8 heteroatoms. The molecule has 2 aromatic carbocycles. The van der Waals surface area contributed by atoms with Crippen LogP contribution in [-0.2, 0) is 14.3 Å². The van der Waals surface area contributed by atoms with Crippen LogP contribution in [0.25, 0.3) is 0 Å². The summed E-state index contributed by atoms with van der Waals surface area (Å²) in [7, 11) is 3.14. The first-order valence-electron chi connectivity index (χ1n) is 9.99. The number of nitrogens with zero attached hydrogens (tertiary/aromatic N) is 1. The summed E-state index contributed by atoms with van der Waals surface area (Å²) in [5, 5.41) is 9.49. The summed E-state index contributed by atoms with van der Waals surface area (Å²) in [5.41, 5.74) is 2.18. The molecule has 2 atom stereocenters. The van der Waals surface area contributed by atoms with E-state index in [9.17, 15) is 9.59 Å². The fourth-order valence-corrected chi connectivity index (χ4v) is 3.88. The summed E-state index contributed by atoms with van der Waals surface area (Å²) in [6.45, 7) is 2.19. The maximum atomic E-state index is 13.0. The van der Waals surface area contributed by atoms with Crippen LogP contribution in [-0.4, -0.2) is 44.4 Å². The third-order valence-corrected chi connectivity index (χ3v) is 5.54. The standard InChI is InChI=1S/C23H26ClNO6/c1-14(4-9-22(27)28)12-25-19-8-5-15(24)10-18(19)23(31-13-21(25)26)17-7-6-16(29-2)11-20(17)30-3/h5-8,10-11,14,23H,4,9,12-13H2,1-3H3,(H,27,28). The molecule has 0 saturated heterocycles. The van der Waals surface area contributed by atoms with E-state index in [2.05, 4.69) is 0 Å². The third kappa shape index (κ3) is 5.29. The van der Waals surface area contributed by atoms with Crippen LogP contribution < -0.4 is 14.4 Å². The first-order chi connectivity index (χ1) is 14.8. The maximum absolute atomic E-state index is 13.0. The lowest BCUT2D eigenvalue weighted by Crippen LogP contribution is -2.36. The Bertz CT molecular complexity index is 963. The van der Waals surface area contributed by atoms with E-state index >= 15 is 0 Å². The van der Waals surface area contributed by atoms with Gasteiger partial charge in [-0.15, -0.1) is 0 Å². The van der Waals surface area contributed by atoms with Gasteiger partial charge in [-0.2, -0.15) is 0 Å². The molecule has 0 aliphatic carbocycles. The second-order valence-corrected chi connectivity index (χ2v) is 7.98. The van der Waals surface area contributed by atoms with Gasteiger partial charge in [-0.05, 0) is 42.7 Å². The molecule has 0 fully saturated rings. The predicted octanol–water partition coefficient (Wildman–Crippen LogP) is 4.31. The molecule has 0 aromatic heterocycles. The number of ether oxygens (including phenoxy) is 3. The Morgan fingerprint density at radius 2 is 2.00 bits per heavy atom. The molecule has 0 radical (unpaired) electrons. The minimum absolute atomic E-state index is 0.00403. The van der Waals surface area contributed by atoms with Crippen molar-refractivity contribution in [3.05, 3.63) is 52.5 Å². The molecule has 1 aliphatic rings. The second-order valence-electron chi connectivity index (χ2n) is 7.54. The molecule has 1 heterocycles. The lowest BCUT2D eigenvalue weighted by Gasteiger charge is -2.26. The van der Waals surface area contributed by atoms with Gasteiger partial charge in [0.15, 0.2) is 0 Å². The number of rotatable bonds is 8. The van der Waals surface area contributed by atoms with E-state index in [0.717, 1.165) is 11.1 Å². The van der Waals surface area contributed by atoms with Crippen LogP contribution in [0.3, 0.4) is 0 Å². The first-order valence-corrected chi connectivity index (χ1v) is 10.4. The number of fused-ring (bicyclic) bond motifs is 1. The molecule has 2 aromatic rings. The molecule has 0 saturated carbocycles. The van der Waals surface area contributed by atoms with Gasteiger partial charge in [0.05, 0.1) is 14.2 Å². The number of hydrogen-bond acceptors (Lipinski definition) is 5. The summed E-state index contributed by atoms with van der Waals surface area (Å²) in [6, 6.07) is 10.8. The SMILES string of the molecule is COc1ccc(C2OCC(=O)N(CC(C)CCC(=O)O)c3ccc(Cl)cc32)c(OC)c1. The number of carbonyl (C=O) groups is 2. The maximum Gasteiger partial charge on any atom is 0.303 e. The number of methoxy groups -OCH3 is 2. The molecule has 2 unspecified atom stereocenters. The number of aliphatic carboxylic acids is 1.